The van der Waals surface area contributed by atoms with Crippen molar-refractivity contribution in [1.82, 2.24) is 9.21 Å². The highest BCUT2D eigenvalue weighted by Crippen LogP contribution is 2.18. The van der Waals surface area contributed by atoms with E-state index in [4.69, 9.17) is 11.6 Å². The molecule has 0 unspecified atom stereocenters. The summed E-state index contributed by atoms with van der Waals surface area (Å²) >= 11 is 5.91. The molecular weight excluding hydrogens is 356 g/mol. The number of rotatable bonds is 5. The fourth-order valence-corrected chi connectivity index (χ4v) is 4.82. The van der Waals surface area contributed by atoms with Gasteiger partial charge in [-0.2, -0.15) is 4.31 Å². The summed E-state index contributed by atoms with van der Waals surface area (Å²) in [6.07, 6.45) is 0. The average Bonchev–Trinajstić information content (AvgIpc) is 2.59. The van der Waals surface area contributed by atoms with Gasteiger partial charge in [0.2, 0.25) is 10.0 Å². The highest BCUT2D eigenvalue weighted by atomic mass is 35.5. The standard InChI is InChI=1S/C19H23ClN2O2S/c1-16-4-2-3-5-18(16)15-25(23,24)22-12-10-21(11-13-22)14-17-6-8-19(20)9-7-17/h2-9H,10-15H2,1H3. The maximum atomic E-state index is 12.7. The van der Waals surface area contributed by atoms with Crippen molar-refractivity contribution in [3.05, 3.63) is 70.2 Å². The number of halogens is 1. The van der Waals surface area contributed by atoms with Gasteiger partial charge >= 0.3 is 0 Å². The Bertz CT molecular complexity index is 814. The third-order valence-electron chi connectivity index (χ3n) is 4.64. The molecule has 0 radical (unpaired) electrons. The zero-order chi connectivity index (χ0) is 17.9. The summed E-state index contributed by atoms with van der Waals surface area (Å²) in [6.45, 7) is 5.35. The van der Waals surface area contributed by atoms with Crippen molar-refractivity contribution < 1.29 is 8.42 Å². The van der Waals surface area contributed by atoms with E-state index in [0.717, 1.165) is 35.8 Å². The Morgan fingerprint density at radius 2 is 1.60 bits per heavy atom. The van der Waals surface area contributed by atoms with Crippen LogP contribution < -0.4 is 0 Å². The van der Waals surface area contributed by atoms with Gasteiger partial charge in [-0.25, -0.2) is 8.42 Å². The van der Waals surface area contributed by atoms with Crippen LogP contribution in [0.1, 0.15) is 16.7 Å². The molecule has 2 aromatic rings. The van der Waals surface area contributed by atoms with Gasteiger partial charge in [0.15, 0.2) is 0 Å². The minimum Gasteiger partial charge on any atom is -0.296 e. The topological polar surface area (TPSA) is 40.6 Å². The minimum atomic E-state index is -3.27. The maximum absolute atomic E-state index is 12.7. The van der Waals surface area contributed by atoms with Gasteiger partial charge in [-0.15, -0.1) is 0 Å². The van der Waals surface area contributed by atoms with Gasteiger partial charge in [-0.1, -0.05) is 48.0 Å². The number of hydrogen-bond acceptors (Lipinski definition) is 3. The highest BCUT2D eigenvalue weighted by Gasteiger charge is 2.27. The zero-order valence-corrected chi connectivity index (χ0v) is 15.9. The van der Waals surface area contributed by atoms with Crippen molar-refractivity contribution in [1.29, 1.82) is 0 Å². The molecule has 3 rings (SSSR count). The van der Waals surface area contributed by atoms with E-state index in [1.807, 2.05) is 55.5 Å². The number of benzene rings is 2. The lowest BCUT2D eigenvalue weighted by molar-refractivity contribution is 0.181. The van der Waals surface area contributed by atoms with E-state index in [-0.39, 0.29) is 5.75 Å². The van der Waals surface area contributed by atoms with Crippen molar-refractivity contribution in [3.8, 4) is 0 Å². The Morgan fingerprint density at radius 3 is 2.24 bits per heavy atom. The lowest BCUT2D eigenvalue weighted by atomic mass is 10.1. The summed E-state index contributed by atoms with van der Waals surface area (Å²) in [5.41, 5.74) is 3.10. The summed E-state index contributed by atoms with van der Waals surface area (Å²) < 4.78 is 27.0. The molecule has 0 spiro atoms. The predicted molar refractivity (Wildman–Crippen MR) is 102 cm³/mol. The van der Waals surface area contributed by atoms with E-state index in [1.165, 1.54) is 5.56 Å². The third-order valence-corrected chi connectivity index (χ3v) is 6.72. The van der Waals surface area contributed by atoms with Crippen molar-refractivity contribution in [3.63, 3.8) is 0 Å². The van der Waals surface area contributed by atoms with E-state index in [1.54, 1.807) is 4.31 Å². The number of nitrogens with zero attached hydrogens (tertiary/aromatic N) is 2. The smallest absolute Gasteiger partial charge is 0.218 e. The zero-order valence-electron chi connectivity index (χ0n) is 14.4. The van der Waals surface area contributed by atoms with Crippen LogP contribution in [-0.2, 0) is 22.3 Å². The monoisotopic (exact) mass is 378 g/mol. The summed E-state index contributed by atoms with van der Waals surface area (Å²) in [6, 6.07) is 15.5. The second-order valence-corrected chi connectivity index (χ2v) is 8.89. The molecule has 2 aromatic carbocycles. The molecule has 134 valence electrons. The van der Waals surface area contributed by atoms with Crippen LogP contribution in [0, 0.1) is 6.92 Å². The third kappa shape index (κ3) is 4.82. The van der Waals surface area contributed by atoms with Crippen LogP contribution in [0.4, 0.5) is 0 Å². The number of aryl methyl sites for hydroxylation is 1. The normalized spacial score (nSPS) is 16.9. The SMILES string of the molecule is Cc1ccccc1CS(=O)(=O)N1CCN(Cc2ccc(Cl)cc2)CC1. The van der Waals surface area contributed by atoms with Crippen LogP contribution in [-0.4, -0.2) is 43.8 Å². The van der Waals surface area contributed by atoms with Gasteiger partial charge in [0.1, 0.15) is 0 Å². The molecule has 4 nitrogen and oxygen atoms in total. The van der Waals surface area contributed by atoms with Crippen LogP contribution in [0.5, 0.6) is 0 Å². The van der Waals surface area contributed by atoms with E-state index < -0.39 is 10.0 Å². The lowest BCUT2D eigenvalue weighted by Gasteiger charge is -2.34. The van der Waals surface area contributed by atoms with Crippen molar-refractivity contribution in [2.45, 2.75) is 19.2 Å². The summed E-state index contributed by atoms with van der Waals surface area (Å²) in [5, 5.41) is 0.732. The van der Waals surface area contributed by atoms with Gasteiger partial charge in [-0.3, -0.25) is 4.90 Å². The molecule has 1 heterocycles. The fraction of sp³-hybridized carbons (Fsp3) is 0.368. The quantitative estimate of drug-likeness (QED) is 0.801. The van der Waals surface area contributed by atoms with Gasteiger partial charge in [0.25, 0.3) is 0 Å². The van der Waals surface area contributed by atoms with Gasteiger partial charge in [0, 0.05) is 37.7 Å². The molecular formula is C19H23ClN2O2S. The highest BCUT2D eigenvalue weighted by molar-refractivity contribution is 7.88. The molecule has 1 saturated heterocycles. The Hall–Kier alpha value is -1.40. The number of hydrogen-bond donors (Lipinski definition) is 0. The first kappa shape index (κ1) is 18.4. The van der Waals surface area contributed by atoms with Gasteiger partial charge in [-0.05, 0) is 35.7 Å². The Balaban J connectivity index is 1.57. The molecule has 25 heavy (non-hydrogen) atoms. The van der Waals surface area contributed by atoms with E-state index in [2.05, 4.69) is 4.90 Å². The largest absolute Gasteiger partial charge is 0.296 e. The first-order chi connectivity index (χ1) is 11.9. The molecule has 0 aromatic heterocycles. The van der Waals surface area contributed by atoms with E-state index in [9.17, 15) is 8.42 Å². The number of piperazine rings is 1. The van der Waals surface area contributed by atoms with E-state index >= 15 is 0 Å². The molecule has 1 aliphatic heterocycles. The van der Waals surface area contributed by atoms with Crippen LogP contribution >= 0.6 is 11.6 Å². The van der Waals surface area contributed by atoms with Gasteiger partial charge in [0.05, 0.1) is 5.75 Å². The second kappa shape index (κ2) is 7.87. The molecule has 0 bridgehead atoms. The second-order valence-electron chi connectivity index (χ2n) is 6.48. The number of sulfonamides is 1. The Kier molecular flexibility index (Phi) is 5.79. The molecule has 1 fully saturated rings. The van der Waals surface area contributed by atoms with Crippen LogP contribution in [0.15, 0.2) is 48.5 Å². The molecule has 1 aliphatic rings. The fourth-order valence-electron chi connectivity index (χ4n) is 3.07. The maximum Gasteiger partial charge on any atom is 0.218 e. The molecule has 0 atom stereocenters. The van der Waals surface area contributed by atoms with Crippen molar-refractivity contribution >= 4 is 21.6 Å². The summed E-state index contributed by atoms with van der Waals surface area (Å²) in [5.74, 6) is 0.0802. The van der Waals surface area contributed by atoms with Crippen LogP contribution in [0.25, 0.3) is 0 Å². The summed E-state index contributed by atoms with van der Waals surface area (Å²) in [7, 11) is -3.27. The first-order valence-corrected chi connectivity index (χ1v) is 10.4. The average molecular weight is 379 g/mol. The van der Waals surface area contributed by atoms with Crippen molar-refractivity contribution in [2.24, 2.45) is 0 Å². The Labute approximate surface area is 155 Å². The predicted octanol–water partition coefficient (Wildman–Crippen LogP) is 3.30. The molecule has 0 aliphatic carbocycles. The first-order valence-electron chi connectivity index (χ1n) is 8.43. The molecule has 0 N–H and O–H groups in total. The van der Waals surface area contributed by atoms with E-state index in [0.29, 0.717) is 13.1 Å². The van der Waals surface area contributed by atoms with Crippen LogP contribution in [0.2, 0.25) is 5.02 Å². The minimum absolute atomic E-state index is 0.0802. The Morgan fingerprint density at radius 1 is 0.960 bits per heavy atom. The molecule has 0 amide bonds. The van der Waals surface area contributed by atoms with Crippen molar-refractivity contribution in [2.75, 3.05) is 26.2 Å². The van der Waals surface area contributed by atoms with Crippen LogP contribution in [0.3, 0.4) is 0 Å². The molecule has 0 saturated carbocycles. The lowest BCUT2D eigenvalue weighted by Crippen LogP contribution is -2.48. The molecule has 6 heteroatoms. The van der Waals surface area contributed by atoms with Gasteiger partial charge < -0.3 is 0 Å². The summed E-state index contributed by atoms with van der Waals surface area (Å²) in [4.78, 5) is 2.28.